The van der Waals surface area contributed by atoms with Crippen LogP contribution >= 0.6 is 11.8 Å². The summed E-state index contributed by atoms with van der Waals surface area (Å²) in [6, 6.07) is 15.6. The first-order chi connectivity index (χ1) is 13.3. The Morgan fingerprint density at radius 1 is 1.11 bits per heavy atom. The van der Waals surface area contributed by atoms with E-state index in [1.54, 1.807) is 24.3 Å². The molecule has 1 heterocycles. The molecule has 0 spiro atoms. The van der Waals surface area contributed by atoms with E-state index in [1.165, 1.54) is 22.6 Å². The quantitative estimate of drug-likeness (QED) is 0.610. The van der Waals surface area contributed by atoms with E-state index in [0.717, 1.165) is 22.1 Å². The molecule has 0 aliphatic carbocycles. The van der Waals surface area contributed by atoms with E-state index >= 15 is 0 Å². The van der Waals surface area contributed by atoms with E-state index in [1.807, 2.05) is 31.2 Å². The molecule has 0 aliphatic heterocycles. The molecule has 3 rings (SSSR count). The van der Waals surface area contributed by atoms with Crippen LogP contribution in [0.3, 0.4) is 0 Å². The molecule has 0 saturated carbocycles. The summed E-state index contributed by atoms with van der Waals surface area (Å²) in [5.41, 5.74) is 1.56. The van der Waals surface area contributed by atoms with Gasteiger partial charge in [0.2, 0.25) is 5.91 Å². The highest BCUT2D eigenvalue weighted by molar-refractivity contribution is 8.00. The van der Waals surface area contributed by atoms with Gasteiger partial charge in [-0.15, -0.1) is 11.8 Å². The van der Waals surface area contributed by atoms with Gasteiger partial charge in [-0.05, 0) is 42.3 Å². The highest BCUT2D eigenvalue weighted by atomic mass is 32.2. The number of aromatic nitrogens is 2. The monoisotopic (exact) mass is 405 g/mol. The van der Waals surface area contributed by atoms with Gasteiger partial charge in [-0.1, -0.05) is 30.3 Å². The van der Waals surface area contributed by atoms with Gasteiger partial charge in [-0.25, -0.2) is 4.68 Å². The molecular formula is C20H18F3N3OS. The average molecular weight is 405 g/mol. The molecule has 0 radical (unpaired) electrons. The largest absolute Gasteiger partial charge is 0.435 e. The minimum Gasteiger partial charge on any atom is -0.351 e. The molecule has 0 saturated heterocycles. The lowest BCUT2D eigenvalue weighted by Crippen LogP contribution is -2.24. The third-order valence-corrected chi connectivity index (χ3v) is 5.20. The normalized spacial score (nSPS) is 11.4. The number of halogens is 3. The molecular weight excluding hydrogens is 387 g/mol. The van der Waals surface area contributed by atoms with Gasteiger partial charge in [0.1, 0.15) is 0 Å². The Morgan fingerprint density at radius 3 is 2.46 bits per heavy atom. The molecule has 3 aromatic rings. The number of benzene rings is 2. The number of rotatable bonds is 6. The lowest BCUT2D eigenvalue weighted by Gasteiger charge is -2.08. The van der Waals surface area contributed by atoms with Crippen molar-refractivity contribution in [2.45, 2.75) is 24.5 Å². The topological polar surface area (TPSA) is 46.9 Å². The minimum absolute atomic E-state index is 0.0841. The first kappa shape index (κ1) is 20.0. The third-order valence-electron chi connectivity index (χ3n) is 4.02. The van der Waals surface area contributed by atoms with Crippen molar-refractivity contribution >= 4 is 17.7 Å². The lowest BCUT2D eigenvalue weighted by molar-refractivity contribution is -0.141. The summed E-state index contributed by atoms with van der Waals surface area (Å²) in [7, 11) is 0. The molecule has 146 valence electrons. The number of amides is 1. The molecule has 8 heteroatoms. The van der Waals surface area contributed by atoms with Crippen molar-refractivity contribution in [2.24, 2.45) is 0 Å². The summed E-state index contributed by atoms with van der Waals surface area (Å²) >= 11 is 1.48. The number of carbonyl (C=O) groups excluding carboxylic acids is 1. The number of aryl methyl sites for hydroxylation is 1. The van der Waals surface area contributed by atoms with Crippen molar-refractivity contribution in [3.8, 4) is 5.69 Å². The molecule has 1 N–H and O–H groups in total. The van der Waals surface area contributed by atoms with E-state index in [4.69, 9.17) is 0 Å². The second-order valence-electron chi connectivity index (χ2n) is 6.14. The van der Waals surface area contributed by atoms with E-state index in [9.17, 15) is 18.0 Å². The maximum absolute atomic E-state index is 12.6. The number of carbonyl (C=O) groups is 1. The fourth-order valence-corrected chi connectivity index (χ4v) is 3.36. The Bertz CT molecular complexity index is 952. The van der Waals surface area contributed by atoms with Crippen molar-refractivity contribution < 1.29 is 18.0 Å². The summed E-state index contributed by atoms with van der Waals surface area (Å²) in [5, 5.41) is 6.38. The summed E-state index contributed by atoms with van der Waals surface area (Å²) < 4.78 is 39.1. The summed E-state index contributed by atoms with van der Waals surface area (Å²) in [6.45, 7) is 2.35. The number of hydrogen-bond donors (Lipinski definition) is 1. The van der Waals surface area contributed by atoms with E-state index in [-0.39, 0.29) is 5.91 Å². The SMILES string of the molecule is Cc1ccccc1SCC(=O)NCc1ccc(-n2ccc(C(F)(F)F)n2)cc1. The molecule has 28 heavy (non-hydrogen) atoms. The van der Waals surface area contributed by atoms with Crippen molar-refractivity contribution in [3.05, 3.63) is 77.6 Å². The van der Waals surface area contributed by atoms with Crippen molar-refractivity contribution in [2.75, 3.05) is 5.75 Å². The molecule has 1 amide bonds. The summed E-state index contributed by atoms with van der Waals surface area (Å²) in [4.78, 5) is 13.1. The van der Waals surface area contributed by atoms with Gasteiger partial charge in [0.05, 0.1) is 11.4 Å². The van der Waals surface area contributed by atoms with Gasteiger partial charge < -0.3 is 5.32 Å². The van der Waals surface area contributed by atoms with Gasteiger partial charge in [0.15, 0.2) is 5.69 Å². The van der Waals surface area contributed by atoms with E-state index in [2.05, 4.69) is 10.4 Å². The zero-order valence-electron chi connectivity index (χ0n) is 15.0. The minimum atomic E-state index is -4.47. The Hall–Kier alpha value is -2.74. The van der Waals surface area contributed by atoms with Gasteiger partial charge >= 0.3 is 6.18 Å². The van der Waals surface area contributed by atoms with E-state index < -0.39 is 11.9 Å². The van der Waals surface area contributed by atoms with Crippen LogP contribution in [-0.2, 0) is 17.5 Å². The molecule has 0 atom stereocenters. The molecule has 2 aromatic carbocycles. The predicted molar refractivity (Wildman–Crippen MR) is 102 cm³/mol. The molecule has 0 bridgehead atoms. The van der Waals surface area contributed by atoms with Crippen LogP contribution in [0.4, 0.5) is 13.2 Å². The Balaban J connectivity index is 1.52. The Kier molecular flexibility index (Phi) is 6.08. The van der Waals surface area contributed by atoms with Crippen molar-refractivity contribution in [1.82, 2.24) is 15.1 Å². The molecule has 1 aromatic heterocycles. The van der Waals surface area contributed by atoms with Crippen LogP contribution in [0.5, 0.6) is 0 Å². The first-order valence-electron chi connectivity index (χ1n) is 8.50. The number of hydrogen-bond acceptors (Lipinski definition) is 3. The Morgan fingerprint density at radius 2 is 1.82 bits per heavy atom. The Labute approximate surface area is 164 Å². The number of alkyl halides is 3. The second-order valence-corrected chi connectivity index (χ2v) is 7.16. The maximum Gasteiger partial charge on any atom is 0.435 e. The van der Waals surface area contributed by atoms with Crippen LogP contribution in [0.2, 0.25) is 0 Å². The number of thioether (sulfide) groups is 1. The second kappa shape index (κ2) is 8.52. The average Bonchev–Trinajstić information content (AvgIpc) is 3.17. The fraction of sp³-hybridized carbons (Fsp3) is 0.200. The lowest BCUT2D eigenvalue weighted by atomic mass is 10.2. The van der Waals surface area contributed by atoms with Crippen LogP contribution in [0, 0.1) is 6.92 Å². The zero-order chi connectivity index (χ0) is 20.1. The van der Waals surface area contributed by atoms with Crippen LogP contribution in [-0.4, -0.2) is 21.4 Å². The smallest absolute Gasteiger partial charge is 0.351 e. The van der Waals surface area contributed by atoms with Gasteiger partial charge in [0.25, 0.3) is 0 Å². The molecule has 0 aliphatic rings. The van der Waals surface area contributed by atoms with Gasteiger partial charge in [-0.2, -0.15) is 18.3 Å². The first-order valence-corrected chi connectivity index (χ1v) is 9.49. The number of nitrogens with zero attached hydrogens (tertiary/aromatic N) is 2. The fourth-order valence-electron chi connectivity index (χ4n) is 2.50. The van der Waals surface area contributed by atoms with Crippen LogP contribution in [0.25, 0.3) is 5.69 Å². The van der Waals surface area contributed by atoms with Crippen LogP contribution < -0.4 is 5.32 Å². The predicted octanol–water partition coefficient (Wildman–Crippen LogP) is 4.61. The number of nitrogens with one attached hydrogen (secondary N) is 1. The van der Waals surface area contributed by atoms with Crippen molar-refractivity contribution in [3.63, 3.8) is 0 Å². The van der Waals surface area contributed by atoms with Crippen molar-refractivity contribution in [1.29, 1.82) is 0 Å². The molecule has 0 unspecified atom stereocenters. The summed E-state index contributed by atoms with van der Waals surface area (Å²) in [5.74, 6) is 0.232. The zero-order valence-corrected chi connectivity index (χ0v) is 15.8. The molecule has 0 fully saturated rings. The third kappa shape index (κ3) is 5.16. The van der Waals surface area contributed by atoms with Gasteiger partial charge in [-0.3, -0.25) is 4.79 Å². The highest BCUT2D eigenvalue weighted by Gasteiger charge is 2.33. The molecule has 4 nitrogen and oxygen atoms in total. The summed E-state index contributed by atoms with van der Waals surface area (Å²) in [6.07, 6.45) is -3.20. The van der Waals surface area contributed by atoms with Gasteiger partial charge in [0, 0.05) is 17.6 Å². The maximum atomic E-state index is 12.6. The van der Waals surface area contributed by atoms with Crippen LogP contribution in [0.1, 0.15) is 16.8 Å². The highest BCUT2D eigenvalue weighted by Crippen LogP contribution is 2.28. The van der Waals surface area contributed by atoms with Crippen LogP contribution in [0.15, 0.2) is 65.7 Å². The standard InChI is InChI=1S/C20H18F3N3OS/c1-14-4-2-3-5-17(14)28-13-19(27)24-12-15-6-8-16(9-7-15)26-11-10-18(25-26)20(21,22)23/h2-11H,12-13H2,1H3,(H,24,27). The van der Waals surface area contributed by atoms with E-state index in [0.29, 0.717) is 18.0 Å².